The van der Waals surface area contributed by atoms with Crippen LogP contribution >= 0.6 is 0 Å². The molecule has 0 saturated heterocycles. The number of nitrogens with two attached hydrogens (primary N) is 2. The van der Waals surface area contributed by atoms with Crippen molar-refractivity contribution in [3.05, 3.63) is 29.3 Å². The van der Waals surface area contributed by atoms with Gasteiger partial charge in [-0.3, -0.25) is 4.79 Å². The molecule has 16 heavy (non-hydrogen) atoms. The van der Waals surface area contributed by atoms with Gasteiger partial charge in [0.15, 0.2) is 0 Å². The number of aryl methyl sites for hydroxylation is 2. The van der Waals surface area contributed by atoms with Crippen molar-refractivity contribution in [3.8, 4) is 0 Å². The van der Waals surface area contributed by atoms with Crippen LogP contribution in [0.3, 0.4) is 0 Å². The number of H-pyrrole nitrogens is 1. The number of carbonyl (C=O) groups excluding carboxylic acids is 1. The van der Waals surface area contributed by atoms with Crippen molar-refractivity contribution in [3.63, 3.8) is 0 Å². The van der Waals surface area contributed by atoms with E-state index in [9.17, 15) is 4.79 Å². The van der Waals surface area contributed by atoms with Gasteiger partial charge in [0.2, 0.25) is 5.91 Å². The van der Waals surface area contributed by atoms with E-state index in [4.69, 9.17) is 11.5 Å². The quantitative estimate of drug-likeness (QED) is 0.727. The summed E-state index contributed by atoms with van der Waals surface area (Å²) in [5, 5.41) is 1.11. The van der Waals surface area contributed by atoms with Crippen molar-refractivity contribution >= 4 is 22.6 Å². The smallest absolute Gasteiger partial charge is 0.217 e. The van der Waals surface area contributed by atoms with Crippen molar-refractivity contribution in [2.45, 2.75) is 19.8 Å². The van der Waals surface area contributed by atoms with E-state index in [1.807, 2.05) is 25.1 Å². The number of hydrogen-bond donors (Lipinski definition) is 3. The molecular weight excluding hydrogens is 202 g/mol. The Labute approximate surface area is 93.6 Å². The molecule has 0 saturated carbocycles. The number of amides is 1. The molecule has 84 valence electrons. The van der Waals surface area contributed by atoms with Gasteiger partial charge in [-0.05, 0) is 25.0 Å². The highest BCUT2D eigenvalue weighted by atomic mass is 16.1. The van der Waals surface area contributed by atoms with E-state index in [2.05, 4.69) is 4.98 Å². The van der Waals surface area contributed by atoms with Gasteiger partial charge in [0, 0.05) is 22.9 Å². The molecule has 1 aromatic heterocycles. The zero-order valence-corrected chi connectivity index (χ0v) is 9.21. The molecule has 1 amide bonds. The average Bonchev–Trinajstić information content (AvgIpc) is 2.52. The van der Waals surface area contributed by atoms with Crippen LogP contribution in [0, 0.1) is 6.92 Å². The third-order valence-corrected chi connectivity index (χ3v) is 2.79. The standard InChI is InChI=1S/C12H15N3O/c1-7-3-2-4-9-11(7)8(12(14)15-9)5-6-10(13)16/h2-4,15H,5-6,14H2,1H3,(H2,13,16). The SMILES string of the molecule is Cc1cccc2[nH]c(N)c(CCC(N)=O)c12. The first-order valence-corrected chi connectivity index (χ1v) is 5.23. The number of primary amides is 1. The Morgan fingerprint density at radius 1 is 1.44 bits per heavy atom. The maximum atomic E-state index is 10.8. The van der Waals surface area contributed by atoms with E-state index in [0.29, 0.717) is 18.7 Å². The number of aromatic nitrogens is 1. The van der Waals surface area contributed by atoms with Gasteiger partial charge in [0.25, 0.3) is 0 Å². The molecule has 2 rings (SSSR count). The predicted octanol–water partition coefficient (Wildman–Crippen LogP) is 1.48. The zero-order valence-electron chi connectivity index (χ0n) is 9.21. The van der Waals surface area contributed by atoms with Gasteiger partial charge in [-0.15, -0.1) is 0 Å². The highest BCUT2D eigenvalue weighted by Crippen LogP contribution is 2.28. The van der Waals surface area contributed by atoms with Crippen molar-refractivity contribution in [2.75, 3.05) is 5.73 Å². The molecule has 0 spiro atoms. The predicted molar refractivity (Wildman–Crippen MR) is 65.0 cm³/mol. The lowest BCUT2D eigenvalue weighted by Crippen LogP contribution is -2.11. The van der Waals surface area contributed by atoms with E-state index in [-0.39, 0.29) is 5.91 Å². The van der Waals surface area contributed by atoms with Crippen LogP contribution in [0.4, 0.5) is 5.82 Å². The second kappa shape index (κ2) is 3.89. The highest BCUT2D eigenvalue weighted by molar-refractivity contribution is 5.91. The number of hydrogen-bond acceptors (Lipinski definition) is 2. The molecule has 4 heteroatoms. The van der Waals surface area contributed by atoms with Crippen LogP contribution in [0.2, 0.25) is 0 Å². The van der Waals surface area contributed by atoms with Crippen molar-refractivity contribution in [2.24, 2.45) is 5.73 Å². The van der Waals surface area contributed by atoms with E-state index in [0.717, 1.165) is 22.0 Å². The lowest BCUT2D eigenvalue weighted by molar-refractivity contribution is -0.117. The first-order chi connectivity index (χ1) is 7.59. The maximum Gasteiger partial charge on any atom is 0.217 e. The van der Waals surface area contributed by atoms with Crippen molar-refractivity contribution < 1.29 is 4.79 Å². The van der Waals surface area contributed by atoms with Gasteiger partial charge in [-0.25, -0.2) is 0 Å². The van der Waals surface area contributed by atoms with Gasteiger partial charge in [-0.2, -0.15) is 0 Å². The van der Waals surface area contributed by atoms with Crippen LogP contribution in [-0.4, -0.2) is 10.9 Å². The summed E-state index contributed by atoms with van der Waals surface area (Å²) >= 11 is 0. The number of rotatable bonds is 3. The second-order valence-corrected chi connectivity index (χ2v) is 3.98. The van der Waals surface area contributed by atoms with E-state index in [1.54, 1.807) is 0 Å². The molecule has 0 aliphatic rings. The first-order valence-electron chi connectivity index (χ1n) is 5.23. The summed E-state index contributed by atoms with van der Waals surface area (Å²) in [6, 6.07) is 5.99. The maximum absolute atomic E-state index is 10.8. The van der Waals surface area contributed by atoms with E-state index in [1.165, 1.54) is 0 Å². The van der Waals surface area contributed by atoms with Gasteiger partial charge >= 0.3 is 0 Å². The third kappa shape index (κ3) is 1.74. The summed E-state index contributed by atoms with van der Waals surface area (Å²) in [6.07, 6.45) is 0.914. The Bertz CT molecular complexity index is 542. The molecule has 4 nitrogen and oxygen atoms in total. The minimum Gasteiger partial charge on any atom is -0.385 e. The normalized spacial score (nSPS) is 10.8. The first kappa shape index (κ1) is 10.5. The molecule has 2 aromatic rings. The summed E-state index contributed by atoms with van der Waals surface area (Å²) in [5.41, 5.74) is 14.2. The lowest BCUT2D eigenvalue weighted by Gasteiger charge is -2.01. The molecule has 0 bridgehead atoms. The Balaban J connectivity index is 2.50. The molecule has 1 aromatic carbocycles. The minimum atomic E-state index is -0.303. The molecular formula is C12H15N3O. The fourth-order valence-corrected chi connectivity index (χ4v) is 2.04. The summed E-state index contributed by atoms with van der Waals surface area (Å²) in [4.78, 5) is 13.9. The van der Waals surface area contributed by atoms with Crippen LogP contribution in [0.5, 0.6) is 0 Å². The molecule has 0 unspecified atom stereocenters. The van der Waals surface area contributed by atoms with Gasteiger partial charge in [0.05, 0.1) is 0 Å². The van der Waals surface area contributed by atoms with Crippen molar-refractivity contribution in [1.29, 1.82) is 0 Å². The fraction of sp³-hybridized carbons (Fsp3) is 0.250. The Hall–Kier alpha value is -1.97. The van der Waals surface area contributed by atoms with Crippen LogP contribution in [0.25, 0.3) is 10.9 Å². The second-order valence-electron chi connectivity index (χ2n) is 3.98. The molecule has 5 N–H and O–H groups in total. The summed E-state index contributed by atoms with van der Waals surface area (Å²) < 4.78 is 0. The van der Waals surface area contributed by atoms with E-state index >= 15 is 0 Å². The van der Waals surface area contributed by atoms with Crippen LogP contribution < -0.4 is 11.5 Å². The number of anilines is 1. The lowest BCUT2D eigenvalue weighted by atomic mass is 10.0. The highest BCUT2D eigenvalue weighted by Gasteiger charge is 2.11. The number of benzene rings is 1. The Morgan fingerprint density at radius 3 is 2.88 bits per heavy atom. The largest absolute Gasteiger partial charge is 0.385 e. The molecule has 0 aliphatic heterocycles. The zero-order chi connectivity index (χ0) is 11.7. The van der Waals surface area contributed by atoms with Gasteiger partial charge < -0.3 is 16.5 Å². The molecule has 1 heterocycles. The number of fused-ring (bicyclic) bond motifs is 1. The average molecular weight is 217 g/mol. The summed E-state index contributed by atoms with van der Waals surface area (Å²) in [7, 11) is 0. The third-order valence-electron chi connectivity index (χ3n) is 2.79. The number of nitrogens with one attached hydrogen (secondary N) is 1. The monoisotopic (exact) mass is 217 g/mol. The van der Waals surface area contributed by atoms with Crippen LogP contribution in [0.15, 0.2) is 18.2 Å². The molecule has 0 atom stereocenters. The van der Waals surface area contributed by atoms with Crippen LogP contribution in [-0.2, 0) is 11.2 Å². The Morgan fingerprint density at radius 2 is 2.19 bits per heavy atom. The molecule has 0 radical (unpaired) electrons. The fourth-order valence-electron chi connectivity index (χ4n) is 2.04. The number of aromatic amines is 1. The molecule has 0 aliphatic carbocycles. The van der Waals surface area contributed by atoms with Crippen LogP contribution in [0.1, 0.15) is 17.5 Å². The summed E-state index contributed by atoms with van der Waals surface area (Å²) in [5.74, 6) is 0.327. The van der Waals surface area contributed by atoms with Gasteiger partial charge in [0.1, 0.15) is 5.82 Å². The topological polar surface area (TPSA) is 84.9 Å². The Kier molecular flexibility index (Phi) is 2.56. The van der Waals surface area contributed by atoms with Gasteiger partial charge in [-0.1, -0.05) is 12.1 Å². The number of carbonyl (C=O) groups is 1. The van der Waals surface area contributed by atoms with E-state index < -0.39 is 0 Å². The molecule has 0 fully saturated rings. The number of nitrogen functional groups attached to an aromatic ring is 1. The van der Waals surface area contributed by atoms with Crippen molar-refractivity contribution in [1.82, 2.24) is 4.98 Å². The summed E-state index contributed by atoms with van der Waals surface area (Å²) in [6.45, 7) is 2.03. The minimum absolute atomic E-state index is 0.303.